The first kappa shape index (κ1) is 11.0. The highest BCUT2D eigenvalue weighted by molar-refractivity contribution is 4.78. The molecule has 1 rings (SSSR count). The molecule has 0 bridgehead atoms. The summed E-state index contributed by atoms with van der Waals surface area (Å²) in [7, 11) is 0. The van der Waals surface area contributed by atoms with Crippen LogP contribution >= 0.6 is 0 Å². The molecule has 1 saturated heterocycles. The third kappa shape index (κ3) is 4.10. The zero-order valence-corrected chi connectivity index (χ0v) is 9.27. The number of nitrogens with one attached hydrogen (secondary N) is 2. The van der Waals surface area contributed by atoms with Gasteiger partial charge in [-0.1, -0.05) is 13.8 Å². The lowest BCUT2D eigenvalue weighted by atomic mass is 9.94. The molecular weight excluding hydrogens is 160 g/mol. The molecule has 13 heavy (non-hydrogen) atoms. The summed E-state index contributed by atoms with van der Waals surface area (Å²) < 4.78 is 0. The standard InChI is InChI=1S/C11H24N2/c1-4-10(3)13-8-11-7-9(2)5-6-12-11/h9-13H,4-8H2,1-3H3. The van der Waals surface area contributed by atoms with Crippen LogP contribution in [0, 0.1) is 5.92 Å². The van der Waals surface area contributed by atoms with Gasteiger partial charge in [0.1, 0.15) is 0 Å². The Kier molecular flexibility index (Phi) is 4.74. The van der Waals surface area contributed by atoms with Crippen LogP contribution in [-0.4, -0.2) is 25.2 Å². The van der Waals surface area contributed by atoms with Crippen molar-refractivity contribution >= 4 is 0 Å². The summed E-state index contributed by atoms with van der Waals surface area (Å²) >= 11 is 0. The Labute approximate surface area is 82.5 Å². The van der Waals surface area contributed by atoms with Crippen LogP contribution in [0.4, 0.5) is 0 Å². The van der Waals surface area contributed by atoms with E-state index < -0.39 is 0 Å². The third-order valence-corrected chi connectivity index (χ3v) is 3.08. The molecule has 2 nitrogen and oxygen atoms in total. The molecule has 0 aliphatic carbocycles. The summed E-state index contributed by atoms with van der Waals surface area (Å²) in [5.74, 6) is 0.907. The molecule has 3 atom stereocenters. The third-order valence-electron chi connectivity index (χ3n) is 3.08. The van der Waals surface area contributed by atoms with Crippen LogP contribution in [0.2, 0.25) is 0 Å². The summed E-state index contributed by atoms with van der Waals surface area (Å²) in [5, 5.41) is 7.13. The summed E-state index contributed by atoms with van der Waals surface area (Å²) in [6, 6.07) is 1.37. The first-order valence-corrected chi connectivity index (χ1v) is 5.69. The number of piperidine rings is 1. The molecule has 1 heterocycles. The Balaban J connectivity index is 2.13. The fraction of sp³-hybridized carbons (Fsp3) is 1.00. The maximum absolute atomic E-state index is 3.57. The van der Waals surface area contributed by atoms with E-state index in [1.54, 1.807) is 0 Å². The van der Waals surface area contributed by atoms with Crippen LogP contribution in [0.3, 0.4) is 0 Å². The molecule has 2 heteroatoms. The Hall–Kier alpha value is -0.0800. The zero-order valence-electron chi connectivity index (χ0n) is 9.27. The second kappa shape index (κ2) is 5.61. The lowest BCUT2D eigenvalue weighted by Gasteiger charge is -2.29. The van der Waals surface area contributed by atoms with Gasteiger partial charge in [-0.05, 0) is 38.6 Å². The molecule has 0 amide bonds. The van der Waals surface area contributed by atoms with Crippen LogP contribution in [0.5, 0.6) is 0 Å². The number of hydrogen-bond donors (Lipinski definition) is 2. The number of rotatable bonds is 4. The predicted molar refractivity (Wildman–Crippen MR) is 57.9 cm³/mol. The highest BCUT2D eigenvalue weighted by atomic mass is 15.0. The van der Waals surface area contributed by atoms with Gasteiger partial charge in [-0.3, -0.25) is 0 Å². The fourth-order valence-corrected chi connectivity index (χ4v) is 1.86. The number of hydrogen-bond acceptors (Lipinski definition) is 2. The summed E-state index contributed by atoms with van der Waals surface area (Å²) in [5.41, 5.74) is 0. The van der Waals surface area contributed by atoms with Crippen molar-refractivity contribution in [2.75, 3.05) is 13.1 Å². The quantitative estimate of drug-likeness (QED) is 0.696. The van der Waals surface area contributed by atoms with Crippen molar-refractivity contribution in [2.45, 2.75) is 52.1 Å². The van der Waals surface area contributed by atoms with Crippen LogP contribution in [0.25, 0.3) is 0 Å². The minimum absolute atomic E-state index is 0.666. The molecule has 3 unspecified atom stereocenters. The highest BCUT2D eigenvalue weighted by Crippen LogP contribution is 2.14. The van der Waals surface area contributed by atoms with Crippen molar-refractivity contribution in [3.8, 4) is 0 Å². The smallest absolute Gasteiger partial charge is 0.0195 e. The van der Waals surface area contributed by atoms with Crippen molar-refractivity contribution in [1.29, 1.82) is 0 Å². The topological polar surface area (TPSA) is 24.1 Å². The summed E-state index contributed by atoms with van der Waals surface area (Å²) in [4.78, 5) is 0. The van der Waals surface area contributed by atoms with Crippen molar-refractivity contribution in [1.82, 2.24) is 10.6 Å². The van der Waals surface area contributed by atoms with Crippen LogP contribution in [-0.2, 0) is 0 Å². The molecule has 1 aliphatic heterocycles. The second-order valence-electron chi connectivity index (χ2n) is 4.50. The van der Waals surface area contributed by atoms with Crippen molar-refractivity contribution in [3.05, 3.63) is 0 Å². The molecule has 78 valence electrons. The molecule has 2 N–H and O–H groups in total. The SMILES string of the molecule is CCC(C)NCC1CC(C)CCN1. The van der Waals surface area contributed by atoms with Crippen LogP contribution in [0.1, 0.15) is 40.0 Å². The van der Waals surface area contributed by atoms with Gasteiger partial charge in [0.25, 0.3) is 0 Å². The van der Waals surface area contributed by atoms with Gasteiger partial charge in [0.2, 0.25) is 0 Å². The lowest BCUT2D eigenvalue weighted by Crippen LogP contribution is -2.45. The Morgan fingerprint density at radius 1 is 1.54 bits per heavy atom. The minimum Gasteiger partial charge on any atom is -0.313 e. The maximum Gasteiger partial charge on any atom is 0.0195 e. The Bertz CT molecular complexity index is 136. The molecule has 0 aromatic carbocycles. The van der Waals surface area contributed by atoms with Gasteiger partial charge in [0, 0.05) is 18.6 Å². The van der Waals surface area contributed by atoms with Crippen LogP contribution < -0.4 is 10.6 Å². The van der Waals surface area contributed by atoms with Crippen molar-refractivity contribution in [3.63, 3.8) is 0 Å². The van der Waals surface area contributed by atoms with E-state index in [1.807, 2.05) is 0 Å². The maximum atomic E-state index is 3.57. The Morgan fingerprint density at radius 3 is 2.92 bits per heavy atom. The first-order chi connectivity index (χ1) is 6.22. The normalized spacial score (nSPS) is 31.6. The molecular formula is C11H24N2. The minimum atomic E-state index is 0.666. The molecule has 0 spiro atoms. The largest absolute Gasteiger partial charge is 0.313 e. The van der Waals surface area contributed by atoms with E-state index in [2.05, 4.69) is 31.4 Å². The average Bonchev–Trinajstić information content (AvgIpc) is 2.14. The zero-order chi connectivity index (χ0) is 9.68. The van der Waals surface area contributed by atoms with E-state index in [9.17, 15) is 0 Å². The highest BCUT2D eigenvalue weighted by Gasteiger charge is 2.17. The molecule has 0 aromatic rings. The molecule has 0 aromatic heterocycles. The van der Waals surface area contributed by atoms with E-state index in [1.165, 1.54) is 25.8 Å². The predicted octanol–water partition coefficient (Wildman–Crippen LogP) is 1.76. The molecule has 0 radical (unpaired) electrons. The van der Waals surface area contributed by atoms with Gasteiger partial charge in [0.05, 0.1) is 0 Å². The summed E-state index contributed by atoms with van der Waals surface area (Å²) in [6.45, 7) is 9.19. The van der Waals surface area contributed by atoms with Crippen molar-refractivity contribution < 1.29 is 0 Å². The fourth-order valence-electron chi connectivity index (χ4n) is 1.86. The summed E-state index contributed by atoms with van der Waals surface area (Å²) in [6.07, 6.45) is 3.91. The molecule has 1 aliphatic rings. The first-order valence-electron chi connectivity index (χ1n) is 5.69. The van der Waals surface area contributed by atoms with Gasteiger partial charge >= 0.3 is 0 Å². The Morgan fingerprint density at radius 2 is 2.31 bits per heavy atom. The van der Waals surface area contributed by atoms with Gasteiger partial charge in [-0.2, -0.15) is 0 Å². The molecule has 1 fully saturated rings. The van der Waals surface area contributed by atoms with Gasteiger partial charge in [0.15, 0.2) is 0 Å². The monoisotopic (exact) mass is 184 g/mol. The van der Waals surface area contributed by atoms with Gasteiger partial charge in [-0.25, -0.2) is 0 Å². The lowest BCUT2D eigenvalue weighted by molar-refractivity contribution is 0.303. The molecule has 0 saturated carbocycles. The average molecular weight is 184 g/mol. The van der Waals surface area contributed by atoms with E-state index in [-0.39, 0.29) is 0 Å². The van der Waals surface area contributed by atoms with E-state index in [4.69, 9.17) is 0 Å². The van der Waals surface area contributed by atoms with Gasteiger partial charge in [-0.15, -0.1) is 0 Å². The second-order valence-corrected chi connectivity index (χ2v) is 4.50. The van der Waals surface area contributed by atoms with Gasteiger partial charge < -0.3 is 10.6 Å². The van der Waals surface area contributed by atoms with E-state index >= 15 is 0 Å². The van der Waals surface area contributed by atoms with E-state index in [0.29, 0.717) is 12.1 Å². The van der Waals surface area contributed by atoms with E-state index in [0.717, 1.165) is 12.5 Å². The van der Waals surface area contributed by atoms with Crippen LogP contribution in [0.15, 0.2) is 0 Å². The van der Waals surface area contributed by atoms with Crippen molar-refractivity contribution in [2.24, 2.45) is 5.92 Å².